The largest absolute Gasteiger partial charge is 0.395 e. The van der Waals surface area contributed by atoms with E-state index in [4.69, 9.17) is 5.11 Å². The molecule has 2 N–H and O–H groups in total. The molecule has 1 aliphatic heterocycles. The second-order valence-electron chi connectivity index (χ2n) is 5.18. The van der Waals surface area contributed by atoms with E-state index in [9.17, 15) is 4.79 Å². The van der Waals surface area contributed by atoms with E-state index in [1.165, 1.54) is 11.5 Å². The van der Waals surface area contributed by atoms with Crippen molar-refractivity contribution < 1.29 is 9.90 Å². The molecular weight excluding hydrogens is 300 g/mol. The lowest BCUT2D eigenvalue weighted by molar-refractivity contribution is -0.134. The van der Waals surface area contributed by atoms with Crippen molar-refractivity contribution in [2.24, 2.45) is 0 Å². The number of benzene rings is 1. The summed E-state index contributed by atoms with van der Waals surface area (Å²) in [5, 5.41) is 12.8. The van der Waals surface area contributed by atoms with Gasteiger partial charge in [0.25, 0.3) is 0 Å². The molecule has 1 aliphatic rings. The third kappa shape index (κ3) is 3.26. The highest BCUT2D eigenvalue weighted by molar-refractivity contribution is 7.09. The number of likely N-dealkylation sites (tertiary alicyclic amines) is 1. The van der Waals surface area contributed by atoms with Crippen molar-refractivity contribution in [1.82, 2.24) is 14.3 Å². The molecule has 0 saturated carbocycles. The Kier molecular flexibility index (Phi) is 4.65. The lowest BCUT2D eigenvalue weighted by Gasteiger charge is -2.31. The molecule has 0 aliphatic carbocycles. The molecule has 0 radical (unpaired) electrons. The maximum absolute atomic E-state index is 12.3. The Bertz CT molecular complexity index is 629. The first-order valence-electron chi connectivity index (χ1n) is 7.33. The molecule has 6 nitrogen and oxygen atoms in total. The fourth-order valence-corrected chi connectivity index (χ4v) is 3.19. The number of nitrogens with one attached hydrogen (secondary N) is 1. The molecular formula is C15H18N4O2S. The van der Waals surface area contributed by atoms with Crippen LogP contribution in [0.25, 0.3) is 11.4 Å². The smallest absolute Gasteiger partial charge is 0.245 e. The van der Waals surface area contributed by atoms with E-state index in [1.807, 2.05) is 30.3 Å². The van der Waals surface area contributed by atoms with Gasteiger partial charge in [0, 0.05) is 30.2 Å². The molecule has 3 rings (SSSR count). The van der Waals surface area contributed by atoms with Gasteiger partial charge in [0.05, 0.1) is 6.61 Å². The lowest BCUT2D eigenvalue weighted by atomic mass is 10.1. The first kappa shape index (κ1) is 14.9. The van der Waals surface area contributed by atoms with Gasteiger partial charge < -0.3 is 15.3 Å². The van der Waals surface area contributed by atoms with Crippen LogP contribution in [0.2, 0.25) is 0 Å². The highest BCUT2D eigenvalue weighted by Crippen LogP contribution is 2.23. The minimum absolute atomic E-state index is 0.00454. The summed E-state index contributed by atoms with van der Waals surface area (Å²) in [6.07, 6.45) is 1.70. The van der Waals surface area contributed by atoms with Gasteiger partial charge >= 0.3 is 0 Å². The van der Waals surface area contributed by atoms with Crippen LogP contribution in [0.5, 0.6) is 0 Å². The average Bonchev–Trinajstić information content (AvgIpc) is 3.01. The Hall–Kier alpha value is -1.99. The number of carbonyl (C=O) groups is 1. The second kappa shape index (κ2) is 6.85. The lowest BCUT2D eigenvalue weighted by Crippen LogP contribution is -2.48. The quantitative estimate of drug-likeness (QED) is 0.875. The summed E-state index contributed by atoms with van der Waals surface area (Å²) >= 11 is 1.26. The molecule has 1 fully saturated rings. The summed E-state index contributed by atoms with van der Waals surface area (Å²) < 4.78 is 4.34. The number of rotatable bonds is 5. The number of β-amino-alcohol motifs (C(OH)–C–C–N with tert-alkyl or cyclic N) is 1. The molecule has 1 amide bonds. The molecule has 1 saturated heterocycles. The van der Waals surface area contributed by atoms with Crippen LogP contribution in [0.15, 0.2) is 30.3 Å². The molecule has 1 unspecified atom stereocenters. The fourth-order valence-electron chi connectivity index (χ4n) is 2.55. The van der Waals surface area contributed by atoms with E-state index in [-0.39, 0.29) is 18.6 Å². The van der Waals surface area contributed by atoms with Crippen molar-refractivity contribution >= 4 is 22.6 Å². The van der Waals surface area contributed by atoms with Gasteiger partial charge in [-0.3, -0.25) is 4.79 Å². The third-order valence-corrected chi connectivity index (χ3v) is 4.30. The molecule has 1 aromatic heterocycles. The van der Waals surface area contributed by atoms with Crippen LogP contribution in [0.4, 0.5) is 5.13 Å². The number of hydrogen-bond donors (Lipinski definition) is 2. The Morgan fingerprint density at radius 1 is 1.36 bits per heavy atom. The van der Waals surface area contributed by atoms with Gasteiger partial charge in [0.15, 0.2) is 5.82 Å². The summed E-state index contributed by atoms with van der Waals surface area (Å²) in [7, 11) is 0. The van der Waals surface area contributed by atoms with E-state index in [0.29, 0.717) is 24.0 Å². The van der Waals surface area contributed by atoms with E-state index < -0.39 is 0 Å². The van der Waals surface area contributed by atoms with E-state index in [0.717, 1.165) is 18.4 Å². The number of hydrogen-bond acceptors (Lipinski definition) is 6. The molecule has 1 atom stereocenters. The Labute approximate surface area is 133 Å². The summed E-state index contributed by atoms with van der Waals surface area (Å²) in [6, 6.07) is 9.48. The molecule has 0 bridgehead atoms. The normalized spacial score (nSPS) is 18.5. The number of aliphatic hydroxyl groups is 1. The summed E-state index contributed by atoms with van der Waals surface area (Å²) in [5.74, 6) is 0.695. The predicted octanol–water partition coefficient (Wildman–Crippen LogP) is 1.60. The number of anilines is 1. The summed E-state index contributed by atoms with van der Waals surface area (Å²) in [4.78, 5) is 18.5. The molecule has 116 valence electrons. The van der Waals surface area contributed by atoms with Crippen molar-refractivity contribution in [2.45, 2.75) is 18.9 Å². The monoisotopic (exact) mass is 318 g/mol. The van der Waals surface area contributed by atoms with Crippen molar-refractivity contribution in [3.63, 3.8) is 0 Å². The molecule has 0 spiro atoms. The van der Waals surface area contributed by atoms with Crippen molar-refractivity contribution in [3.8, 4) is 11.4 Å². The highest BCUT2D eigenvalue weighted by Gasteiger charge is 2.28. The molecule has 2 aromatic rings. The zero-order chi connectivity index (χ0) is 15.4. The number of piperidine rings is 1. The van der Waals surface area contributed by atoms with Gasteiger partial charge in [-0.1, -0.05) is 30.3 Å². The number of carbonyl (C=O) groups excluding carboxylic acids is 1. The van der Waals surface area contributed by atoms with Gasteiger partial charge in [-0.15, -0.1) is 0 Å². The van der Waals surface area contributed by atoms with Crippen LogP contribution in [0.1, 0.15) is 12.8 Å². The predicted molar refractivity (Wildman–Crippen MR) is 85.7 cm³/mol. The number of aromatic nitrogens is 2. The van der Waals surface area contributed by atoms with Gasteiger partial charge in [-0.05, 0) is 12.8 Å². The van der Waals surface area contributed by atoms with Gasteiger partial charge in [-0.25, -0.2) is 0 Å². The minimum Gasteiger partial charge on any atom is -0.395 e. The highest BCUT2D eigenvalue weighted by atomic mass is 32.1. The van der Waals surface area contributed by atoms with Crippen LogP contribution < -0.4 is 5.32 Å². The first-order chi connectivity index (χ1) is 10.8. The SMILES string of the molecule is O=C1C(Nc2nc(-c3ccccc3)ns2)CCCN1CCO. The minimum atomic E-state index is -0.281. The van der Waals surface area contributed by atoms with E-state index in [1.54, 1.807) is 4.90 Å². The van der Waals surface area contributed by atoms with Gasteiger partial charge in [0.1, 0.15) is 6.04 Å². The first-order valence-corrected chi connectivity index (χ1v) is 8.10. The van der Waals surface area contributed by atoms with Crippen molar-refractivity contribution in [1.29, 1.82) is 0 Å². The zero-order valence-electron chi connectivity index (χ0n) is 12.1. The van der Waals surface area contributed by atoms with Crippen LogP contribution >= 0.6 is 11.5 Å². The van der Waals surface area contributed by atoms with E-state index in [2.05, 4.69) is 14.7 Å². The average molecular weight is 318 g/mol. The van der Waals surface area contributed by atoms with Crippen LogP contribution in [0, 0.1) is 0 Å². The number of amides is 1. The van der Waals surface area contributed by atoms with Crippen LogP contribution in [-0.2, 0) is 4.79 Å². The zero-order valence-corrected chi connectivity index (χ0v) is 12.9. The summed E-state index contributed by atoms with van der Waals surface area (Å²) in [6.45, 7) is 1.10. The third-order valence-electron chi connectivity index (χ3n) is 3.66. The van der Waals surface area contributed by atoms with Crippen LogP contribution in [-0.4, -0.2) is 51.0 Å². The second-order valence-corrected chi connectivity index (χ2v) is 5.93. The summed E-state index contributed by atoms with van der Waals surface area (Å²) in [5.41, 5.74) is 0.962. The van der Waals surface area contributed by atoms with Crippen molar-refractivity contribution in [3.05, 3.63) is 30.3 Å². The molecule has 22 heavy (non-hydrogen) atoms. The number of aliphatic hydroxyl groups excluding tert-OH is 1. The number of nitrogens with zero attached hydrogens (tertiary/aromatic N) is 3. The Balaban J connectivity index is 1.68. The van der Waals surface area contributed by atoms with E-state index >= 15 is 0 Å². The van der Waals surface area contributed by atoms with Gasteiger partial charge in [-0.2, -0.15) is 9.36 Å². The van der Waals surface area contributed by atoms with Crippen LogP contribution in [0.3, 0.4) is 0 Å². The fraction of sp³-hybridized carbons (Fsp3) is 0.400. The molecule has 1 aromatic carbocycles. The molecule has 2 heterocycles. The Morgan fingerprint density at radius 2 is 2.18 bits per heavy atom. The maximum Gasteiger partial charge on any atom is 0.245 e. The topological polar surface area (TPSA) is 78.4 Å². The van der Waals surface area contributed by atoms with Crippen molar-refractivity contribution in [2.75, 3.05) is 25.0 Å². The Morgan fingerprint density at radius 3 is 2.95 bits per heavy atom. The maximum atomic E-state index is 12.3. The molecule has 7 heteroatoms. The van der Waals surface area contributed by atoms with Gasteiger partial charge in [0.2, 0.25) is 11.0 Å². The standard InChI is InChI=1S/C15H18N4O2S/c20-10-9-19-8-4-7-12(14(19)21)16-15-17-13(18-22-15)11-5-2-1-3-6-11/h1-3,5-6,12,20H,4,7-10H2,(H,16,17,18).